The number of thioether (sulfide) groups is 1. The topological polar surface area (TPSA) is 89.5 Å². The molecule has 0 aliphatic carbocycles. The van der Waals surface area contributed by atoms with Crippen molar-refractivity contribution in [3.63, 3.8) is 0 Å². The molecule has 1 amide bonds. The largest absolute Gasteiger partial charge is 0.383 e. The fraction of sp³-hybridized carbons (Fsp3) is 0.381. The van der Waals surface area contributed by atoms with Gasteiger partial charge in [-0.2, -0.15) is 0 Å². The third-order valence-electron chi connectivity index (χ3n) is 5.19. The highest BCUT2D eigenvalue weighted by Gasteiger charge is 2.34. The molecule has 1 unspecified atom stereocenters. The van der Waals surface area contributed by atoms with Crippen LogP contribution >= 0.6 is 23.1 Å². The lowest BCUT2D eigenvalue weighted by Gasteiger charge is -2.28. The van der Waals surface area contributed by atoms with Crippen LogP contribution in [0, 0.1) is 0 Å². The third-order valence-corrected chi connectivity index (χ3v) is 9.02. The molecule has 2 aromatic heterocycles. The number of benzene rings is 1. The molecular formula is C21H23N3O4S3. The number of amides is 1. The van der Waals surface area contributed by atoms with Crippen molar-refractivity contribution in [2.24, 2.45) is 0 Å². The zero-order chi connectivity index (χ0) is 21.8. The quantitative estimate of drug-likeness (QED) is 0.364. The van der Waals surface area contributed by atoms with Gasteiger partial charge in [0.2, 0.25) is 5.91 Å². The van der Waals surface area contributed by atoms with Crippen molar-refractivity contribution in [3.05, 3.63) is 42.7 Å². The molecule has 31 heavy (non-hydrogen) atoms. The molecule has 0 spiro atoms. The molecule has 1 aliphatic heterocycles. The first-order valence-electron chi connectivity index (χ1n) is 9.88. The van der Waals surface area contributed by atoms with Crippen molar-refractivity contribution in [2.45, 2.75) is 17.5 Å². The zero-order valence-corrected chi connectivity index (χ0v) is 19.5. The second-order valence-corrected chi connectivity index (χ2v) is 11.5. The van der Waals surface area contributed by atoms with Gasteiger partial charge in [0.15, 0.2) is 9.84 Å². The van der Waals surface area contributed by atoms with Crippen molar-refractivity contribution in [2.75, 3.05) is 37.5 Å². The molecule has 1 aliphatic rings. The van der Waals surface area contributed by atoms with E-state index in [1.54, 1.807) is 23.3 Å². The Labute approximate surface area is 189 Å². The number of fused-ring (bicyclic) bond motifs is 1. The Bertz CT molecular complexity index is 1170. The van der Waals surface area contributed by atoms with E-state index < -0.39 is 9.84 Å². The molecule has 0 bridgehead atoms. The van der Waals surface area contributed by atoms with Crippen LogP contribution in [0.5, 0.6) is 0 Å². The minimum absolute atomic E-state index is 0.0237. The Hall–Kier alpha value is -2.01. The predicted molar refractivity (Wildman–Crippen MR) is 124 cm³/mol. The lowest BCUT2D eigenvalue weighted by molar-refractivity contribution is -0.130. The average molecular weight is 478 g/mol. The standard InChI is InChI=1S/C21H23N3O4S3/c1-28-9-8-24(16-7-10-31(26,27)13-16)19(25)12-29-20-17-11-18(15-5-3-2-4-6-15)30-21(17)23-14-22-20/h2-6,11,14,16H,7-10,12-13H2,1H3. The van der Waals surface area contributed by atoms with Gasteiger partial charge in [0, 0.05) is 30.0 Å². The maximum Gasteiger partial charge on any atom is 0.233 e. The number of methoxy groups -OCH3 is 1. The first-order valence-corrected chi connectivity index (χ1v) is 13.5. The van der Waals surface area contributed by atoms with E-state index in [1.807, 2.05) is 18.2 Å². The van der Waals surface area contributed by atoms with Gasteiger partial charge in [-0.25, -0.2) is 18.4 Å². The smallest absolute Gasteiger partial charge is 0.233 e. The number of hydrogen-bond acceptors (Lipinski definition) is 8. The highest BCUT2D eigenvalue weighted by molar-refractivity contribution is 8.00. The number of carbonyl (C=O) groups is 1. The van der Waals surface area contributed by atoms with Gasteiger partial charge in [-0.3, -0.25) is 4.79 Å². The molecule has 0 saturated carbocycles. The van der Waals surface area contributed by atoms with Gasteiger partial charge >= 0.3 is 0 Å². The van der Waals surface area contributed by atoms with E-state index in [-0.39, 0.29) is 29.2 Å². The molecule has 3 heterocycles. The number of rotatable bonds is 8. The van der Waals surface area contributed by atoms with E-state index in [9.17, 15) is 13.2 Å². The molecule has 10 heteroatoms. The maximum atomic E-state index is 13.0. The van der Waals surface area contributed by atoms with Crippen molar-refractivity contribution >= 4 is 49.1 Å². The fourth-order valence-corrected chi connectivity index (χ4v) is 7.29. The minimum Gasteiger partial charge on any atom is -0.383 e. The van der Waals surface area contributed by atoms with Crippen LogP contribution in [0.1, 0.15) is 6.42 Å². The van der Waals surface area contributed by atoms with Gasteiger partial charge in [0.05, 0.1) is 23.9 Å². The van der Waals surface area contributed by atoms with Crippen molar-refractivity contribution in [1.29, 1.82) is 0 Å². The number of hydrogen-bond donors (Lipinski definition) is 0. The monoisotopic (exact) mass is 477 g/mol. The van der Waals surface area contributed by atoms with Gasteiger partial charge in [0.25, 0.3) is 0 Å². The number of nitrogens with zero attached hydrogens (tertiary/aromatic N) is 3. The summed E-state index contributed by atoms with van der Waals surface area (Å²) in [6.45, 7) is 0.752. The highest BCUT2D eigenvalue weighted by Crippen LogP contribution is 2.36. The van der Waals surface area contributed by atoms with Crippen LogP contribution in [0.2, 0.25) is 0 Å². The normalized spacial score (nSPS) is 17.8. The fourth-order valence-electron chi connectivity index (χ4n) is 3.63. The summed E-state index contributed by atoms with van der Waals surface area (Å²) in [6, 6.07) is 11.9. The first kappa shape index (κ1) is 22.2. The molecule has 164 valence electrons. The number of aromatic nitrogens is 2. The van der Waals surface area contributed by atoms with E-state index in [2.05, 4.69) is 28.2 Å². The number of thiophene rings is 1. The SMILES string of the molecule is COCCN(C(=O)CSc1ncnc2sc(-c3ccccc3)cc12)C1CCS(=O)(=O)C1. The maximum absolute atomic E-state index is 13.0. The summed E-state index contributed by atoms with van der Waals surface area (Å²) in [6.07, 6.45) is 2.00. The van der Waals surface area contributed by atoms with Crippen LogP contribution < -0.4 is 0 Å². The van der Waals surface area contributed by atoms with Gasteiger partial charge in [-0.1, -0.05) is 42.1 Å². The number of carbonyl (C=O) groups excluding carboxylic acids is 1. The molecular weight excluding hydrogens is 454 g/mol. The van der Waals surface area contributed by atoms with Crippen molar-refractivity contribution in [1.82, 2.24) is 14.9 Å². The summed E-state index contributed by atoms with van der Waals surface area (Å²) in [5, 5.41) is 1.68. The molecule has 1 atom stereocenters. The van der Waals surface area contributed by atoms with Crippen LogP contribution in [0.25, 0.3) is 20.7 Å². The molecule has 1 fully saturated rings. The van der Waals surface area contributed by atoms with Gasteiger partial charge < -0.3 is 9.64 Å². The van der Waals surface area contributed by atoms with Crippen LogP contribution in [0.15, 0.2) is 47.8 Å². The Kier molecular flexibility index (Phi) is 6.90. The van der Waals surface area contributed by atoms with Gasteiger partial charge in [-0.05, 0) is 18.1 Å². The van der Waals surface area contributed by atoms with E-state index in [1.165, 1.54) is 18.1 Å². The highest BCUT2D eigenvalue weighted by atomic mass is 32.2. The first-order chi connectivity index (χ1) is 15.0. The third kappa shape index (κ3) is 5.25. The molecule has 1 aromatic carbocycles. The predicted octanol–water partition coefficient (Wildman–Crippen LogP) is 3.11. The van der Waals surface area contributed by atoms with E-state index >= 15 is 0 Å². The summed E-state index contributed by atoms with van der Waals surface area (Å²) >= 11 is 2.95. The lowest BCUT2D eigenvalue weighted by Crippen LogP contribution is -2.44. The Morgan fingerprint density at radius 1 is 1.29 bits per heavy atom. The minimum atomic E-state index is -3.08. The molecule has 4 rings (SSSR count). The van der Waals surface area contributed by atoms with E-state index in [4.69, 9.17) is 4.74 Å². The van der Waals surface area contributed by atoms with Crippen LogP contribution in [-0.2, 0) is 19.4 Å². The number of sulfone groups is 1. The van der Waals surface area contributed by atoms with Crippen LogP contribution in [-0.4, -0.2) is 72.8 Å². The summed E-state index contributed by atoms with van der Waals surface area (Å²) < 4.78 is 28.9. The average Bonchev–Trinajstić information content (AvgIpc) is 3.36. The van der Waals surface area contributed by atoms with Crippen LogP contribution in [0.3, 0.4) is 0 Å². The Morgan fingerprint density at radius 2 is 2.10 bits per heavy atom. The Morgan fingerprint density at radius 3 is 2.81 bits per heavy atom. The van der Waals surface area contributed by atoms with E-state index in [0.29, 0.717) is 19.6 Å². The molecule has 1 saturated heterocycles. The molecule has 7 nitrogen and oxygen atoms in total. The lowest BCUT2D eigenvalue weighted by atomic mass is 10.2. The van der Waals surface area contributed by atoms with Crippen molar-refractivity contribution < 1.29 is 17.9 Å². The number of ether oxygens (including phenoxy) is 1. The molecule has 3 aromatic rings. The van der Waals surface area contributed by atoms with Gasteiger partial charge in [-0.15, -0.1) is 11.3 Å². The molecule has 0 N–H and O–H groups in total. The van der Waals surface area contributed by atoms with Crippen molar-refractivity contribution in [3.8, 4) is 10.4 Å². The summed E-state index contributed by atoms with van der Waals surface area (Å²) in [7, 11) is -1.51. The zero-order valence-electron chi connectivity index (χ0n) is 17.1. The van der Waals surface area contributed by atoms with Crippen LogP contribution in [0.4, 0.5) is 0 Å². The Balaban J connectivity index is 1.50. The molecule has 0 radical (unpaired) electrons. The summed E-state index contributed by atoms with van der Waals surface area (Å²) in [5.74, 6) is 0.235. The second-order valence-electron chi connectivity index (χ2n) is 7.30. The second kappa shape index (κ2) is 9.64. The van der Waals surface area contributed by atoms with E-state index in [0.717, 1.165) is 25.7 Å². The summed E-state index contributed by atoms with van der Waals surface area (Å²) in [4.78, 5) is 25.4. The van der Waals surface area contributed by atoms with Gasteiger partial charge in [0.1, 0.15) is 16.2 Å². The summed E-state index contributed by atoms with van der Waals surface area (Å²) in [5.41, 5.74) is 1.12.